The standard InChI is InChI=1S/C21H25N3O6S/c1-10(2)13-6-5-7-14(11(3)4)16(13)23-21(30)22-9-12-8-15(19(26)27)18(31-12)24-17(25)20(28)29/h5-8,10-11H,9H2,1-4H3,(H,24,25)(H,26,27)(H,28,29)(H2,22,23,30). The van der Waals surface area contributed by atoms with Gasteiger partial charge in [-0.15, -0.1) is 11.3 Å². The van der Waals surface area contributed by atoms with Crippen LogP contribution >= 0.6 is 11.3 Å². The molecule has 2 rings (SSSR count). The summed E-state index contributed by atoms with van der Waals surface area (Å²) in [5.41, 5.74) is 2.51. The Balaban J connectivity index is 2.16. The van der Waals surface area contributed by atoms with E-state index in [9.17, 15) is 24.3 Å². The van der Waals surface area contributed by atoms with Crippen molar-refractivity contribution in [2.45, 2.75) is 46.1 Å². The fraction of sp³-hybridized carbons (Fsp3) is 0.333. The number of benzene rings is 1. The molecule has 3 amide bonds. The lowest BCUT2D eigenvalue weighted by molar-refractivity contribution is -0.147. The summed E-state index contributed by atoms with van der Waals surface area (Å²) in [6, 6.07) is 6.70. The van der Waals surface area contributed by atoms with E-state index in [1.807, 2.05) is 51.2 Å². The van der Waals surface area contributed by atoms with Crippen molar-refractivity contribution < 1.29 is 29.4 Å². The van der Waals surface area contributed by atoms with E-state index < -0.39 is 23.9 Å². The Kier molecular flexibility index (Phi) is 7.76. The van der Waals surface area contributed by atoms with Crippen molar-refractivity contribution in [3.8, 4) is 0 Å². The third-order valence-corrected chi connectivity index (χ3v) is 5.52. The lowest BCUT2D eigenvalue weighted by Crippen LogP contribution is -2.29. The normalized spacial score (nSPS) is 10.8. The van der Waals surface area contributed by atoms with Gasteiger partial charge in [0, 0.05) is 10.6 Å². The molecule has 0 spiro atoms. The van der Waals surface area contributed by atoms with Crippen LogP contribution in [0.25, 0.3) is 0 Å². The first-order valence-electron chi connectivity index (χ1n) is 9.59. The summed E-state index contributed by atoms with van der Waals surface area (Å²) in [5.74, 6) is -3.99. The van der Waals surface area contributed by atoms with Crippen LogP contribution in [0.3, 0.4) is 0 Å². The smallest absolute Gasteiger partial charge is 0.394 e. The van der Waals surface area contributed by atoms with E-state index in [1.165, 1.54) is 6.07 Å². The second-order valence-corrected chi connectivity index (χ2v) is 8.59. The zero-order chi connectivity index (χ0) is 23.3. The number of carboxylic acid groups (broad SMARTS) is 2. The van der Waals surface area contributed by atoms with Crippen molar-refractivity contribution in [1.82, 2.24) is 5.32 Å². The summed E-state index contributed by atoms with van der Waals surface area (Å²) >= 11 is 0.879. The zero-order valence-corrected chi connectivity index (χ0v) is 18.4. The third-order valence-electron chi connectivity index (χ3n) is 4.47. The first kappa shape index (κ1) is 23.9. The van der Waals surface area contributed by atoms with Gasteiger partial charge in [0.1, 0.15) is 5.00 Å². The molecule has 1 aromatic carbocycles. The van der Waals surface area contributed by atoms with Crippen LogP contribution in [0.4, 0.5) is 15.5 Å². The van der Waals surface area contributed by atoms with Crippen molar-refractivity contribution >= 4 is 45.9 Å². The number of hydrogen-bond acceptors (Lipinski definition) is 5. The maximum absolute atomic E-state index is 12.5. The minimum Gasteiger partial charge on any atom is -0.478 e. The number of aromatic carboxylic acids is 1. The molecule has 166 valence electrons. The van der Waals surface area contributed by atoms with Crippen LogP contribution in [0.1, 0.15) is 65.9 Å². The Morgan fingerprint density at radius 2 is 1.55 bits per heavy atom. The molecule has 0 unspecified atom stereocenters. The van der Waals surface area contributed by atoms with Gasteiger partial charge in [0.05, 0.1) is 12.1 Å². The van der Waals surface area contributed by atoms with E-state index in [1.54, 1.807) is 0 Å². The van der Waals surface area contributed by atoms with Crippen molar-refractivity contribution in [3.05, 3.63) is 45.8 Å². The number of carboxylic acids is 2. The molecule has 9 nitrogen and oxygen atoms in total. The van der Waals surface area contributed by atoms with Crippen LogP contribution < -0.4 is 16.0 Å². The highest BCUT2D eigenvalue weighted by molar-refractivity contribution is 7.16. The Hall–Kier alpha value is -3.40. The summed E-state index contributed by atoms with van der Waals surface area (Å²) in [6.07, 6.45) is 0. The number of nitrogens with one attached hydrogen (secondary N) is 3. The van der Waals surface area contributed by atoms with Crippen LogP contribution in [0.2, 0.25) is 0 Å². The van der Waals surface area contributed by atoms with Gasteiger partial charge in [-0.2, -0.15) is 0 Å². The second-order valence-electron chi connectivity index (χ2n) is 7.45. The highest BCUT2D eigenvalue weighted by Crippen LogP contribution is 2.32. The number of amides is 3. The minimum atomic E-state index is -1.73. The van der Waals surface area contributed by atoms with E-state index >= 15 is 0 Å². The van der Waals surface area contributed by atoms with Gasteiger partial charge in [-0.05, 0) is 29.0 Å². The molecule has 0 aliphatic rings. The van der Waals surface area contributed by atoms with Gasteiger partial charge in [-0.1, -0.05) is 45.9 Å². The van der Waals surface area contributed by atoms with Gasteiger partial charge in [0.25, 0.3) is 0 Å². The molecule has 0 fully saturated rings. The van der Waals surface area contributed by atoms with Crippen LogP contribution in [-0.2, 0) is 16.1 Å². The van der Waals surface area contributed by atoms with Crippen molar-refractivity contribution in [2.24, 2.45) is 0 Å². The fourth-order valence-corrected chi connectivity index (χ4v) is 3.94. The predicted molar refractivity (Wildman–Crippen MR) is 118 cm³/mol. The van der Waals surface area contributed by atoms with Crippen molar-refractivity contribution in [3.63, 3.8) is 0 Å². The maximum atomic E-state index is 12.5. The van der Waals surface area contributed by atoms with E-state index in [-0.39, 0.29) is 28.9 Å². The van der Waals surface area contributed by atoms with Crippen LogP contribution in [0.15, 0.2) is 24.3 Å². The average Bonchev–Trinajstić information content (AvgIpc) is 3.09. The molecule has 0 aliphatic heterocycles. The van der Waals surface area contributed by atoms with Crippen LogP contribution in [0.5, 0.6) is 0 Å². The first-order chi connectivity index (χ1) is 14.5. The van der Waals surface area contributed by atoms with E-state index in [0.717, 1.165) is 28.2 Å². The minimum absolute atomic E-state index is 0.000575. The monoisotopic (exact) mass is 447 g/mol. The fourth-order valence-electron chi connectivity index (χ4n) is 2.96. The Bertz CT molecular complexity index is 986. The molecule has 0 saturated carbocycles. The van der Waals surface area contributed by atoms with Gasteiger partial charge in [0.2, 0.25) is 0 Å². The third kappa shape index (κ3) is 6.05. The van der Waals surface area contributed by atoms with Gasteiger partial charge in [-0.25, -0.2) is 14.4 Å². The van der Waals surface area contributed by atoms with Gasteiger partial charge >= 0.3 is 23.9 Å². The molecular formula is C21H25N3O6S. The Morgan fingerprint density at radius 3 is 2.03 bits per heavy atom. The summed E-state index contributed by atoms with van der Waals surface area (Å²) < 4.78 is 0. The molecule has 0 saturated heterocycles. The summed E-state index contributed by atoms with van der Waals surface area (Å²) in [7, 11) is 0. The molecule has 1 heterocycles. The largest absolute Gasteiger partial charge is 0.478 e. The molecule has 10 heteroatoms. The number of thiophene rings is 1. The number of anilines is 2. The van der Waals surface area contributed by atoms with Gasteiger partial charge in [-0.3, -0.25) is 4.79 Å². The Labute approximate surface area is 183 Å². The highest BCUT2D eigenvalue weighted by Gasteiger charge is 2.21. The Morgan fingerprint density at radius 1 is 0.968 bits per heavy atom. The number of carbonyl (C=O) groups is 4. The second kappa shape index (κ2) is 10.1. The number of carbonyl (C=O) groups excluding carboxylic acids is 2. The van der Waals surface area contributed by atoms with Crippen molar-refractivity contribution in [1.29, 1.82) is 0 Å². The highest BCUT2D eigenvalue weighted by atomic mass is 32.1. The molecular weight excluding hydrogens is 422 g/mol. The number of aliphatic carboxylic acids is 1. The predicted octanol–water partition coefficient (Wildman–Crippen LogP) is 4.04. The van der Waals surface area contributed by atoms with Crippen molar-refractivity contribution in [2.75, 3.05) is 10.6 Å². The molecule has 2 aromatic rings. The quantitative estimate of drug-likeness (QED) is 0.405. The van der Waals surface area contributed by atoms with Gasteiger partial charge < -0.3 is 26.2 Å². The molecule has 5 N–H and O–H groups in total. The SMILES string of the molecule is CC(C)c1cccc(C(C)C)c1NC(=O)NCc1cc(C(=O)O)c(NC(=O)C(=O)O)s1. The molecule has 0 bridgehead atoms. The molecule has 0 atom stereocenters. The molecule has 31 heavy (non-hydrogen) atoms. The lowest BCUT2D eigenvalue weighted by Gasteiger charge is -2.20. The van der Waals surface area contributed by atoms with E-state index in [4.69, 9.17) is 5.11 Å². The topological polar surface area (TPSA) is 145 Å². The average molecular weight is 448 g/mol. The first-order valence-corrected chi connectivity index (χ1v) is 10.4. The summed E-state index contributed by atoms with van der Waals surface area (Å²) in [5, 5.41) is 25.5. The maximum Gasteiger partial charge on any atom is 0.394 e. The molecule has 1 aromatic heterocycles. The van der Waals surface area contributed by atoms with Crippen LogP contribution in [0, 0.1) is 0 Å². The number of para-hydroxylation sites is 1. The van der Waals surface area contributed by atoms with E-state index in [0.29, 0.717) is 4.88 Å². The zero-order valence-electron chi connectivity index (χ0n) is 17.6. The number of rotatable bonds is 7. The number of urea groups is 1. The molecule has 0 aliphatic carbocycles. The van der Waals surface area contributed by atoms with Crippen LogP contribution in [-0.4, -0.2) is 34.1 Å². The van der Waals surface area contributed by atoms with E-state index in [2.05, 4.69) is 10.6 Å². The lowest BCUT2D eigenvalue weighted by atomic mass is 9.93. The molecule has 0 radical (unpaired) electrons. The summed E-state index contributed by atoms with van der Waals surface area (Å²) in [6.45, 7) is 8.15. The van der Waals surface area contributed by atoms with Gasteiger partial charge in [0.15, 0.2) is 0 Å². The number of hydrogen-bond donors (Lipinski definition) is 5. The summed E-state index contributed by atoms with van der Waals surface area (Å²) in [4.78, 5) is 46.4.